The van der Waals surface area contributed by atoms with Crippen LogP contribution < -0.4 is 10.1 Å². The van der Waals surface area contributed by atoms with Crippen molar-refractivity contribution < 1.29 is 17.9 Å². The molecule has 0 aliphatic carbocycles. The van der Waals surface area contributed by atoms with Gasteiger partial charge in [-0.05, 0) is 60.6 Å². The number of sulfonamides is 1. The largest absolute Gasteiger partial charge is 0.483 e. The Kier molecular flexibility index (Phi) is 7.73. The monoisotopic (exact) mass is 444 g/mol. The van der Waals surface area contributed by atoms with E-state index in [-0.39, 0.29) is 24.0 Å². The van der Waals surface area contributed by atoms with Crippen molar-refractivity contribution in [3.63, 3.8) is 0 Å². The minimum absolute atomic E-state index is 0.0884. The lowest BCUT2D eigenvalue weighted by molar-refractivity contribution is -0.123. The molecule has 3 rings (SSSR count). The number of ether oxygens (including phenoxy) is 1. The van der Waals surface area contributed by atoms with Crippen LogP contribution in [-0.4, -0.2) is 38.3 Å². The lowest BCUT2D eigenvalue weighted by Gasteiger charge is -2.26. The molecule has 0 atom stereocenters. The summed E-state index contributed by atoms with van der Waals surface area (Å²) in [4.78, 5) is 12.6. The molecule has 1 aliphatic heterocycles. The quantitative estimate of drug-likeness (QED) is 0.668. The molecule has 0 unspecified atom stereocenters. The molecule has 0 bridgehead atoms. The molecule has 1 N–H and O–H groups in total. The fourth-order valence-corrected chi connectivity index (χ4v) is 5.30. The van der Waals surface area contributed by atoms with Gasteiger partial charge in [-0.15, -0.1) is 0 Å². The van der Waals surface area contributed by atoms with Crippen LogP contribution in [0.25, 0.3) is 0 Å². The predicted molar refractivity (Wildman–Crippen MR) is 122 cm³/mol. The molecule has 6 nitrogen and oxygen atoms in total. The van der Waals surface area contributed by atoms with Gasteiger partial charge in [0.25, 0.3) is 5.91 Å². The van der Waals surface area contributed by atoms with E-state index in [1.807, 2.05) is 31.2 Å². The number of nitrogens with zero attached hydrogens (tertiary/aromatic N) is 1. The van der Waals surface area contributed by atoms with Gasteiger partial charge in [-0.3, -0.25) is 4.79 Å². The van der Waals surface area contributed by atoms with E-state index in [0.29, 0.717) is 19.0 Å². The van der Waals surface area contributed by atoms with E-state index in [9.17, 15) is 13.2 Å². The lowest BCUT2D eigenvalue weighted by atomic mass is 10.0. The number of rotatable bonds is 8. The predicted octanol–water partition coefficient (Wildman–Crippen LogP) is 3.99. The van der Waals surface area contributed by atoms with E-state index in [4.69, 9.17) is 4.74 Å². The Morgan fingerprint density at radius 2 is 1.84 bits per heavy atom. The molecule has 1 fully saturated rings. The Labute approximate surface area is 185 Å². The zero-order valence-electron chi connectivity index (χ0n) is 18.6. The standard InChI is InChI=1S/C24H32N2O4S/c1-18(2)22-11-10-19(3)14-23(22)30-17-24(27)25-16-20-8-7-9-21(15-20)31(28,29)26-12-5-4-6-13-26/h7-11,14-15,18H,4-6,12-13,16-17H2,1-3H3,(H,25,27). The summed E-state index contributed by atoms with van der Waals surface area (Å²) < 4.78 is 33.1. The molecule has 2 aromatic carbocycles. The van der Waals surface area contributed by atoms with Gasteiger partial charge in [-0.2, -0.15) is 4.31 Å². The summed E-state index contributed by atoms with van der Waals surface area (Å²) >= 11 is 0. The van der Waals surface area contributed by atoms with Crippen LogP contribution in [0.3, 0.4) is 0 Å². The fourth-order valence-electron chi connectivity index (χ4n) is 3.71. The first-order valence-corrected chi connectivity index (χ1v) is 12.3. The van der Waals surface area contributed by atoms with Crippen molar-refractivity contribution in [3.05, 3.63) is 59.2 Å². The average molecular weight is 445 g/mol. The SMILES string of the molecule is Cc1ccc(C(C)C)c(OCC(=O)NCc2cccc(S(=O)(=O)N3CCCCC3)c2)c1. The van der Waals surface area contributed by atoms with Crippen molar-refractivity contribution in [1.82, 2.24) is 9.62 Å². The first-order valence-electron chi connectivity index (χ1n) is 10.9. The fraction of sp³-hybridized carbons (Fsp3) is 0.458. The summed E-state index contributed by atoms with van der Waals surface area (Å²) in [5.74, 6) is 0.767. The first kappa shape index (κ1) is 23.3. The topological polar surface area (TPSA) is 75.7 Å². The summed E-state index contributed by atoms with van der Waals surface area (Å²) in [7, 11) is -3.49. The van der Waals surface area contributed by atoms with Crippen molar-refractivity contribution >= 4 is 15.9 Å². The van der Waals surface area contributed by atoms with Gasteiger partial charge in [0.2, 0.25) is 10.0 Å². The van der Waals surface area contributed by atoms with Crippen LogP contribution in [0.4, 0.5) is 0 Å². The highest BCUT2D eigenvalue weighted by Gasteiger charge is 2.25. The number of hydrogen-bond acceptors (Lipinski definition) is 4. The third-order valence-corrected chi connectivity index (χ3v) is 7.39. The third-order valence-electron chi connectivity index (χ3n) is 5.49. The molecule has 0 saturated carbocycles. The van der Waals surface area contributed by atoms with Gasteiger partial charge < -0.3 is 10.1 Å². The molecule has 168 valence electrons. The highest BCUT2D eigenvalue weighted by atomic mass is 32.2. The van der Waals surface area contributed by atoms with E-state index < -0.39 is 10.0 Å². The Balaban J connectivity index is 1.59. The molecule has 0 aromatic heterocycles. The number of carbonyl (C=O) groups excluding carboxylic acids is 1. The van der Waals surface area contributed by atoms with E-state index in [1.54, 1.807) is 22.5 Å². The minimum atomic E-state index is -3.49. The van der Waals surface area contributed by atoms with Crippen LogP contribution in [0.15, 0.2) is 47.4 Å². The van der Waals surface area contributed by atoms with E-state index in [1.165, 1.54) is 0 Å². The smallest absolute Gasteiger partial charge is 0.258 e. The van der Waals surface area contributed by atoms with Crippen LogP contribution in [-0.2, 0) is 21.4 Å². The first-order chi connectivity index (χ1) is 14.8. The number of carbonyl (C=O) groups is 1. The average Bonchev–Trinajstić information content (AvgIpc) is 2.77. The van der Waals surface area contributed by atoms with E-state index in [0.717, 1.165) is 41.7 Å². The van der Waals surface area contributed by atoms with Crippen molar-refractivity contribution in [2.24, 2.45) is 0 Å². The maximum Gasteiger partial charge on any atom is 0.258 e. The van der Waals surface area contributed by atoms with Gasteiger partial charge in [0.05, 0.1) is 4.90 Å². The van der Waals surface area contributed by atoms with Gasteiger partial charge in [-0.1, -0.05) is 44.5 Å². The van der Waals surface area contributed by atoms with Gasteiger partial charge in [0, 0.05) is 19.6 Å². The van der Waals surface area contributed by atoms with E-state index in [2.05, 4.69) is 19.2 Å². The van der Waals surface area contributed by atoms with Crippen molar-refractivity contribution in [2.75, 3.05) is 19.7 Å². The number of amides is 1. The molecule has 0 spiro atoms. The second kappa shape index (κ2) is 10.3. The number of nitrogens with one attached hydrogen (secondary N) is 1. The second-order valence-electron chi connectivity index (χ2n) is 8.37. The maximum absolute atomic E-state index is 12.9. The molecule has 1 saturated heterocycles. The summed E-state index contributed by atoms with van der Waals surface area (Å²) in [5, 5.41) is 2.82. The summed E-state index contributed by atoms with van der Waals surface area (Å²) in [6, 6.07) is 12.8. The number of aryl methyl sites for hydroxylation is 1. The highest BCUT2D eigenvalue weighted by molar-refractivity contribution is 7.89. The molecule has 7 heteroatoms. The van der Waals surface area contributed by atoms with Gasteiger partial charge in [-0.25, -0.2) is 8.42 Å². The summed E-state index contributed by atoms with van der Waals surface area (Å²) in [6.45, 7) is 7.45. The Hall–Kier alpha value is -2.38. The Bertz CT molecular complexity index is 1010. The van der Waals surface area contributed by atoms with Crippen LogP contribution in [0, 0.1) is 6.92 Å². The zero-order valence-corrected chi connectivity index (χ0v) is 19.4. The van der Waals surface area contributed by atoms with Crippen LogP contribution in [0.5, 0.6) is 5.75 Å². The second-order valence-corrected chi connectivity index (χ2v) is 10.3. The Morgan fingerprint density at radius 1 is 1.10 bits per heavy atom. The van der Waals surface area contributed by atoms with Crippen LogP contribution in [0.2, 0.25) is 0 Å². The number of benzene rings is 2. The van der Waals surface area contributed by atoms with Crippen molar-refractivity contribution in [2.45, 2.75) is 57.4 Å². The molecular formula is C24H32N2O4S. The molecule has 1 aliphatic rings. The van der Waals surface area contributed by atoms with Crippen LogP contribution in [0.1, 0.15) is 55.7 Å². The summed E-state index contributed by atoms with van der Waals surface area (Å²) in [5.41, 5.74) is 2.88. The maximum atomic E-state index is 12.9. The third kappa shape index (κ3) is 6.08. The zero-order chi connectivity index (χ0) is 22.4. The molecule has 2 aromatic rings. The van der Waals surface area contributed by atoms with Gasteiger partial charge in [0.15, 0.2) is 6.61 Å². The molecule has 31 heavy (non-hydrogen) atoms. The van der Waals surface area contributed by atoms with E-state index >= 15 is 0 Å². The molecule has 1 heterocycles. The van der Waals surface area contributed by atoms with Gasteiger partial charge >= 0.3 is 0 Å². The molecule has 1 amide bonds. The lowest BCUT2D eigenvalue weighted by Crippen LogP contribution is -2.35. The normalized spacial score (nSPS) is 15.1. The summed E-state index contributed by atoms with van der Waals surface area (Å²) in [6.07, 6.45) is 2.87. The van der Waals surface area contributed by atoms with Gasteiger partial charge in [0.1, 0.15) is 5.75 Å². The molecular weight excluding hydrogens is 412 g/mol. The highest BCUT2D eigenvalue weighted by Crippen LogP contribution is 2.27. The van der Waals surface area contributed by atoms with Crippen molar-refractivity contribution in [3.8, 4) is 5.75 Å². The number of piperidine rings is 1. The number of hydrogen-bond donors (Lipinski definition) is 1. The van der Waals surface area contributed by atoms with Crippen LogP contribution >= 0.6 is 0 Å². The Morgan fingerprint density at radius 3 is 2.55 bits per heavy atom. The molecule has 0 radical (unpaired) electrons. The van der Waals surface area contributed by atoms with Crippen molar-refractivity contribution in [1.29, 1.82) is 0 Å². The minimum Gasteiger partial charge on any atom is -0.483 e.